The molecule has 3 rings (SSSR count). The minimum absolute atomic E-state index is 0.00439. The van der Waals surface area contributed by atoms with Crippen molar-refractivity contribution in [3.05, 3.63) is 41.1 Å². The van der Waals surface area contributed by atoms with Crippen molar-refractivity contribution in [1.82, 2.24) is 5.32 Å². The summed E-state index contributed by atoms with van der Waals surface area (Å²) in [5, 5.41) is 2.88. The van der Waals surface area contributed by atoms with Crippen molar-refractivity contribution in [3.8, 4) is 5.75 Å². The number of rotatable bonds is 3. The molecular weight excluding hydrogens is 266 g/mol. The quantitative estimate of drug-likeness (QED) is 0.929. The molecule has 1 N–H and O–H groups in total. The lowest BCUT2D eigenvalue weighted by Crippen LogP contribution is -2.36. The third-order valence-electron chi connectivity index (χ3n) is 4.06. The van der Waals surface area contributed by atoms with Crippen LogP contribution in [0.25, 0.3) is 0 Å². The average molecular weight is 285 g/mol. The average Bonchev–Trinajstić information content (AvgIpc) is 2.47. The van der Waals surface area contributed by atoms with E-state index in [0.29, 0.717) is 19.4 Å². The minimum Gasteiger partial charge on any atom is -0.494 e. The van der Waals surface area contributed by atoms with Crippen LogP contribution < -0.4 is 10.1 Å². The largest absolute Gasteiger partial charge is 0.494 e. The highest BCUT2D eigenvalue weighted by atomic mass is 16.5. The summed E-state index contributed by atoms with van der Waals surface area (Å²) in [6.45, 7) is 2.54. The highest BCUT2D eigenvalue weighted by Gasteiger charge is 2.34. The van der Waals surface area contributed by atoms with Gasteiger partial charge in [-0.05, 0) is 37.5 Å². The topological polar surface area (TPSA) is 55.4 Å². The fourth-order valence-corrected chi connectivity index (χ4v) is 3.18. The van der Waals surface area contributed by atoms with E-state index in [2.05, 4.69) is 5.32 Å². The lowest BCUT2D eigenvalue weighted by atomic mass is 9.78. The van der Waals surface area contributed by atoms with E-state index in [1.54, 1.807) is 0 Å². The first-order valence-electron chi connectivity index (χ1n) is 7.48. The number of allylic oxidation sites excluding steroid dienone is 2. The van der Waals surface area contributed by atoms with Gasteiger partial charge < -0.3 is 10.1 Å². The van der Waals surface area contributed by atoms with Crippen LogP contribution >= 0.6 is 0 Å². The van der Waals surface area contributed by atoms with Crippen molar-refractivity contribution in [2.45, 2.75) is 38.5 Å². The van der Waals surface area contributed by atoms with Gasteiger partial charge in [-0.2, -0.15) is 0 Å². The maximum atomic E-state index is 12.3. The molecule has 110 valence electrons. The lowest BCUT2D eigenvalue weighted by molar-refractivity contribution is -0.122. The highest BCUT2D eigenvalue weighted by molar-refractivity contribution is 6.01. The molecule has 1 amide bonds. The first-order valence-corrected chi connectivity index (χ1v) is 7.48. The van der Waals surface area contributed by atoms with E-state index < -0.39 is 0 Å². The van der Waals surface area contributed by atoms with E-state index in [9.17, 15) is 9.59 Å². The fourth-order valence-electron chi connectivity index (χ4n) is 3.18. The standard InChI is InChI=1S/C17H19NO3/c1-2-21-12-6-3-5-11(9-12)13-10-16(20)18-14-7-4-8-15(19)17(13)14/h3,5-6,9,13H,2,4,7-8,10H2,1H3,(H,18,20)/t13-/m0/s1. The molecule has 1 aromatic rings. The summed E-state index contributed by atoms with van der Waals surface area (Å²) in [6, 6.07) is 7.73. The van der Waals surface area contributed by atoms with Crippen LogP contribution in [0.15, 0.2) is 35.5 Å². The zero-order valence-corrected chi connectivity index (χ0v) is 12.1. The van der Waals surface area contributed by atoms with Gasteiger partial charge in [0.05, 0.1) is 6.61 Å². The van der Waals surface area contributed by atoms with Gasteiger partial charge in [0, 0.05) is 30.0 Å². The molecule has 4 heteroatoms. The van der Waals surface area contributed by atoms with Crippen molar-refractivity contribution < 1.29 is 14.3 Å². The van der Waals surface area contributed by atoms with Gasteiger partial charge >= 0.3 is 0 Å². The third kappa shape index (κ3) is 2.71. The highest BCUT2D eigenvalue weighted by Crippen LogP contribution is 2.38. The number of nitrogens with one attached hydrogen (secondary N) is 1. The van der Waals surface area contributed by atoms with E-state index in [1.165, 1.54) is 0 Å². The molecule has 1 aliphatic carbocycles. The Morgan fingerprint density at radius 1 is 1.29 bits per heavy atom. The van der Waals surface area contributed by atoms with E-state index in [0.717, 1.165) is 35.4 Å². The Bertz CT molecular complexity index is 618. The Hall–Kier alpha value is -2.10. The van der Waals surface area contributed by atoms with Crippen LogP contribution in [0.3, 0.4) is 0 Å². The zero-order valence-electron chi connectivity index (χ0n) is 12.1. The summed E-state index contributed by atoms with van der Waals surface area (Å²) < 4.78 is 5.53. The molecule has 0 saturated heterocycles. The summed E-state index contributed by atoms with van der Waals surface area (Å²) in [6.07, 6.45) is 2.52. The number of Topliss-reactive ketones (excluding diaryl/α,β-unsaturated/α-hetero) is 1. The van der Waals surface area contributed by atoms with Gasteiger partial charge in [-0.25, -0.2) is 0 Å². The van der Waals surface area contributed by atoms with Crippen LogP contribution in [-0.4, -0.2) is 18.3 Å². The molecule has 0 spiro atoms. The SMILES string of the molecule is CCOc1cccc([C@@H]2CC(=O)NC3=C2C(=O)CCC3)c1. The minimum atomic E-state index is -0.137. The van der Waals surface area contributed by atoms with Crippen molar-refractivity contribution in [2.24, 2.45) is 0 Å². The molecule has 0 saturated carbocycles. The molecule has 0 bridgehead atoms. The van der Waals surface area contributed by atoms with Crippen molar-refractivity contribution in [3.63, 3.8) is 0 Å². The number of hydrogen-bond donors (Lipinski definition) is 1. The second-order valence-corrected chi connectivity index (χ2v) is 5.48. The molecular formula is C17H19NO3. The second-order valence-electron chi connectivity index (χ2n) is 5.48. The van der Waals surface area contributed by atoms with Crippen LogP contribution in [0.1, 0.15) is 44.1 Å². The maximum absolute atomic E-state index is 12.3. The Balaban J connectivity index is 2.01. The van der Waals surface area contributed by atoms with E-state index >= 15 is 0 Å². The predicted octanol–water partition coefficient (Wildman–Crippen LogP) is 2.70. The molecule has 1 aromatic carbocycles. The van der Waals surface area contributed by atoms with Crippen molar-refractivity contribution >= 4 is 11.7 Å². The van der Waals surface area contributed by atoms with Crippen molar-refractivity contribution in [1.29, 1.82) is 0 Å². The molecule has 1 heterocycles. The fraction of sp³-hybridized carbons (Fsp3) is 0.412. The van der Waals surface area contributed by atoms with E-state index in [4.69, 9.17) is 4.74 Å². The smallest absolute Gasteiger partial charge is 0.225 e. The van der Waals surface area contributed by atoms with Crippen LogP contribution in [0.2, 0.25) is 0 Å². The van der Waals surface area contributed by atoms with Gasteiger partial charge in [0.1, 0.15) is 5.75 Å². The number of hydrogen-bond acceptors (Lipinski definition) is 3. The number of carbonyl (C=O) groups excluding carboxylic acids is 2. The van der Waals surface area contributed by atoms with Gasteiger partial charge in [0.15, 0.2) is 5.78 Å². The number of carbonyl (C=O) groups is 2. The van der Waals surface area contributed by atoms with Crippen LogP contribution in [0, 0.1) is 0 Å². The molecule has 1 aliphatic heterocycles. The van der Waals surface area contributed by atoms with E-state index in [-0.39, 0.29) is 17.6 Å². The predicted molar refractivity (Wildman–Crippen MR) is 79.0 cm³/mol. The Morgan fingerprint density at radius 3 is 2.95 bits per heavy atom. The molecule has 21 heavy (non-hydrogen) atoms. The molecule has 0 aromatic heterocycles. The van der Waals surface area contributed by atoms with Gasteiger partial charge in [-0.15, -0.1) is 0 Å². The van der Waals surface area contributed by atoms with Gasteiger partial charge in [-0.1, -0.05) is 12.1 Å². The van der Waals surface area contributed by atoms with Crippen LogP contribution in [-0.2, 0) is 9.59 Å². The summed E-state index contributed by atoms with van der Waals surface area (Å²) >= 11 is 0. The van der Waals surface area contributed by atoms with Gasteiger partial charge in [0.2, 0.25) is 5.91 Å². The monoisotopic (exact) mass is 285 g/mol. The Labute approximate surface area is 124 Å². The number of ketones is 1. The summed E-state index contributed by atoms with van der Waals surface area (Å²) in [5.41, 5.74) is 2.61. The summed E-state index contributed by atoms with van der Waals surface area (Å²) in [4.78, 5) is 24.2. The number of ether oxygens (including phenoxy) is 1. The van der Waals surface area contributed by atoms with Crippen molar-refractivity contribution in [2.75, 3.05) is 6.61 Å². The Morgan fingerprint density at radius 2 is 2.14 bits per heavy atom. The van der Waals surface area contributed by atoms with Crippen LogP contribution in [0.4, 0.5) is 0 Å². The maximum Gasteiger partial charge on any atom is 0.225 e. The number of amides is 1. The molecule has 0 radical (unpaired) electrons. The molecule has 0 unspecified atom stereocenters. The molecule has 1 atom stereocenters. The normalized spacial score (nSPS) is 21.9. The van der Waals surface area contributed by atoms with Gasteiger partial charge in [0.25, 0.3) is 0 Å². The zero-order chi connectivity index (χ0) is 14.8. The molecule has 2 aliphatic rings. The second kappa shape index (κ2) is 5.72. The number of benzene rings is 1. The summed E-state index contributed by atoms with van der Waals surface area (Å²) in [7, 11) is 0. The molecule has 4 nitrogen and oxygen atoms in total. The first kappa shape index (κ1) is 13.9. The summed E-state index contributed by atoms with van der Waals surface area (Å²) in [5.74, 6) is 0.812. The Kier molecular flexibility index (Phi) is 3.78. The molecule has 0 fully saturated rings. The van der Waals surface area contributed by atoms with E-state index in [1.807, 2.05) is 31.2 Å². The lowest BCUT2D eigenvalue weighted by Gasteiger charge is -2.31. The van der Waals surface area contributed by atoms with Gasteiger partial charge in [-0.3, -0.25) is 9.59 Å². The first-order chi connectivity index (χ1) is 10.2. The third-order valence-corrected chi connectivity index (χ3v) is 4.06. The van der Waals surface area contributed by atoms with Crippen LogP contribution in [0.5, 0.6) is 5.75 Å².